The number of hydrogen-bond acceptors (Lipinski definition) is 6. The van der Waals surface area contributed by atoms with Gasteiger partial charge in [0.25, 0.3) is 0 Å². The van der Waals surface area contributed by atoms with Gasteiger partial charge in [0.05, 0.1) is 12.2 Å². The fourth-order valence-corrected chi connectivity index (χ4v) is 2.42. The van der Waals surface area contributed by atoms with E-state index in [2.05, 4.69) is 15.4 Å². The number of H-pyrrole nitrogens is 1. The zero-order valence-corrected chi connectivity index (χ0v) is 16.9. The number of carboxylic acids is 1. The Bertz CT molecular complexity index is 1110. The second kappa shape index (κ2) is 8.76. The molecule has 1 amide bonds. The molecule has 0 bridgehead atoms. The Morgan fingerprint density at radius 2 is 1.86 bits per heavy atom. The number of alkyl halides is 3. The summed E-state index contributed by atoms with van der Waals surface area (Å²) in [5.41, 5.74) is -0.870. The number of aryl methyl sites for hydroxylation is 1. The van der Waals surface area contributed by atoms with Gasteiger partial charge in [-0.15, -0.1) is 0 Å². The molecule has 0 aliphatic carbocycles. The maximum Gasteiger partial charge on any atom is 1.00 e. The van der Waals surface area contributed by atoms with Crippen LogP contribution in [0.3, 0.4) is 0 Å². The van der Waals surface area contributed by atoms with Crippen LogP contribution in [0.1, 0.15) is 28.2 Å². The molecule has 2 N–H and O–H groups in total. The largest absolute Gasteiger partial charge is 1.00 e. The third-order valence-electron chi connectivity index (χ3n) is 3.76. The van der Waals surface area contributed by atoms with Crippen molar-refractivity contribution in [1.29, 1.82) is 0 Å². The summed E-state index contributed by atoms with van der Waals surface area (Å²) < 4.78 is 39.1. The number of carbonyl (C=O) groups excluding carboxylic acids is 2. The number of aromatic carboxylic acids is 1. The minimum atomic E-state index is -4.84. The zero-order chi connectivity index (χ0) is 20.5. The van der Waals surface area contributed by atoms with Crippen molar-refractivity contribution in [3.63, 3.8) is 0 Å². The molecule has 13 heteroatoms. The van der Waals surface area contributed by atoms with Crippen LogP contribution in [0.4, 0.5) is 18.9 Å². The van der Waals surface area contributed by atoms with E-state index in [4.69, 9.17) is 0 Å². The molecule has 0 aliphatic heterocycles. The van der Waals surface area contributed by atoms with Crippen molar-refractivity contribution < 1.29 is 57.4 Å². The van der Waals surface area contributed by atoms with Gasteiger partial charge >= 0.3 is 41.4 Å². The number of halogens is 3. The number of hydrogen-bond donors (Lipinski definition) is 2. The number of rotatable bonds is 5. The smallest absolute Gasteiger partial charge is 0.545 e. The number of aromatic nitrogens is 4. The van der Waals surface area contributed by atoms with Crippen molar-refractivity contribution in [3.05, 3.63) is 57.9 Å². The molecule has 2 heterocycles. The summed E-state index contributed by atoms with van der Waals surface area (Å²) in [5.74, 6) is -3.27. The molecule has 3 aromatic rings. The second-order valence-electron chi connectivity index (χ2n) is 5.71. The predicted molar refractivity (Wildman–Crippen MR) is 86.3 cm³/mol. The van der Waals surface area contributed by atoms with Gasteiger partial charge in [0.1, 0.15) is 5.65 Å². The van der Waals surface area contributed by atoms with Crippen LogP contribution in [-0.4, -0.2) is 31.5 Å². The molecule has 0 spiro atoms. The molecule has 9 nitrogen and oxygen atoms in total. The second-order valence-corrected chi connectivity index (χ2v) is 5.71. The monoisotopic (exact) mass is 417 g/mol. The Morgan fingerprint density at radius 1 is 1.21 bits per heavy atom. The van der Waals surface area contributed by atoms with E-state index in [1.807, 2.05) is 4.98 Å². The molecule has 2 aromatic heterocycles. The number of benzene rings is 1. The van der Waals surface area contributed by atoms with Crippen LogP contribution in [-0.2, 0) is 17.4 Å². The van der Waals surface area contributed by atoms with Gasteiger partial charge in [-0.2, -0.15) is 27.8 Å². The van der Waals surface area contributed by atoms with Crippen molar-refractivity contribution >= 4 is 23.2 Å². The number of anilines is 1. The van der Waals surface area contributed by atoms with Gasteiger partial charge < -0.3 is 20.2 Å². The van der Waals surface area contributed by atoms with Gasteiger partial charge in [0.2, 0.25) is 11.7 Å². The third kappa shape index (κ3) is 5.22. The predicted octanol–water partition coefficient (Wildman–Crippen LogP) is -2.62. The molecule has 0 fully saturated rings. The van der Waals surface area contributed by atoms with Gasteiger partial charge in [-0.05, 0) is 24.1 Å². The Balaban J connectivity index is 0.00000300. The Labute approximate surface area is 182 Å². The van der Waals surface area contributed by atoms with Crippen LogP contribution in [0, 0.1) is 0 Å². The quantitative estimate of drug-likeness (QED) is 0.437. The average Bonchev–Trinajstić information content (AvgIpc) is 3.03. The van der Waals surface area contributed by atoms with Gasteiger partial charge in [0, 0.05) is 17.7 Å². The number of aromatic amines is 1. The number of fused-ring (bicyclic) bond motifs is 1. The number of carboxylic acid groups (broad SMARTS) is 1. The van der Waals surface area contributed by atoms with Gasteiger partial charge in [-0.25, -0.2) is 4.79 Å². The molecular formula is C16H11F3N5NaO4. The summed E-state index contributed by atoms with van der Waals surface area (Å²) in [6.07, 6.45) is -3.77. The molecular weight excluding hydrogens is 406 g/mol. The van der Waals surface area contributed by atoms with E-state index in [-0.39, 0.29) is 59.2 Å². The molecule has 0 radical (unpaired) electrons. The summed E-state index contributed by atoms with van der Waals surface area (Å²) in [7, 11) is 0. The van der Waals surface area contributed by atoms with Crippen molar-refractivity contribution in [3.8, 4) is 0 Å². The zero-order valence-electron chi connectivity index (χ0n) is 14.9. The SMILES string of the molecule is O=C(CCc1cnn2c(=O)nc(C(F)(F)F)[nH]c12)Nc1ccc(C(=O)[O-])cc1.[Na+]. The Kier molecular flexibility index (Phi) is 6.82. The van der Waals surface area contributed by atoms with E-state index in [9.17, 15) is 32.7 Å². The Hall–Kier alpha value is -2.70. The molecule has 0 saturated heterocycles. The van der Waals surface area contributed by atoms with Crippen LogP contribution >= 0.6 is 0 Å². The molecule has 0 aliphatic rings. The number of carbonyl (C=O) groups is 2. The summed E-state index contributed by atoms with van der Waals surface area (Å²) >= 11 is 0. The normalized spacial score (nSPS) is 11.1. The van der Waals surface area contributed by atoms with Crippen molar-refractivity contribution in [2.75, 3.05) is 5.32 Å². The minimum absolute atomic E-state index is 0. The summed E-state index contributed by atoms with van der Waals surface area (Å²) in [5, 5.41) is 16.9. The summed E-state index contributed by atoms with van der Waals surface area (Å²) in [6, 6.07) is 5.26. The standard InChI is InChI=1S/C16H12F3N5O4.Na/c17-16(18,19)14-22-12-9(7-20-24(12)15(28)23-14)3-6-11(25)21-10-4-1-8(2-5-10)13(26)27;/h1-2,4-5,7H,3,6H2,(H,21,25)(H,26,27)(H,22,23,28);/q;+1/p-1. The molecule has 146 valence electrons. The third-order valence-corrected chi connectivity index (χ3v) is 3.76. The summed E-state index contributed by atoms with van der Waals surface area (Å²) in [6.45, 7) is 0. The number of nitrogens with one attached hydrogen (secondary N) is 2. The van der Waals surface area contributed by atoms with Gasteiger partial charge in [-0.1, -0.05) is 12.1 Å². The molecule has 0 unspecified atom stereocenters. The first-order valence-corrected chi connectivity index (χ1v) is 7.80. The maximum atomic E-state index is 12.8. The average molecular weight is 417 g/mol. The van der Waals surface area contributed by atoms with Crippen LogP contribution in [0.25, 0.3) is 5.65 Å². The van der Waals surface area contributed by atoms with E-state index in [0.29, 0.717) is 10.2 Å². The van der Waals surface area contributed by atoms with Crippen LogP contribution in [0.5, 0.6) is 0 Å². The molecule has 29 heavy (non-hydrogen) atoms. The van der Waals surface area contributed by atoms with Crippen molar-refractivity contribution in [2.45, 2.75) is 19.0 Å². The van der Waals surface area contributed by atoms with Crippen LogP contribution in [0.2, 0.25) is 0 Å². The van der Waals surface area contributed by atoms with E-state index in [1.54, 1.807) is 0 Å². The number of amides is 1. The maximum absolute atomic E-state index is 12.8. The van der Waals surface area contributed by atoms with E-state index in [1.165, 1.54) is 30.5 Å². The fraction of sp³-hybridized carbons (Fsp3) is 0.188. The van der Waals surface area contributed by atoms with Crippen molar-refractivity contribution in [2.24, 2.45) is 0 Å². The van der Waals surface area contributed by atoms with Crippen LogP contribution < -0.4 is 45.7 Å². The molecule has 0 saturated carbocycles. The van der Waals surface area contributed by atoms with Gasteiger partial charge in [0.15, 0.2) is 0 Å². The molecule has 3 rings (SSSR count). The minimum Gasteiger partial charge on any atom is -0.545 e. The first-order valence-electron chi connectivity index (χ1n) is 7.80. The van der Waals surface area contributed by atoms with E-state index in [0.717, 1.165) is 0 Å². The first kappa shape index (κ1) is 22.6. The van der Waals surface area contributed by atoms with E-state index >= 15 is 0 Å². The molecule has 1 aromatic carbocycles. The van der Waals surface area contributed by atoms with Gasteiger partial charge in [-0.3, -0.25) is 4.79 Å². The number of nitrogens with zero attached hydrogens (tertiary/aromatic N) is 3. The summed E-state index contributed by atoms with van der Waals surface area (Å²) in [4.78, 5) is 39.3. The Morgan fingerprint density at radius 3 is 2.45 bits per heavy atom. The fourth-order valence-electron chi connectivity index (χ4n) is 2.42. The first-order chi connectivity index (χ1) is 13.1. The van der Waals surface area contributed by atoms with Crippen LogP contribution in [0.15, 0.2) is 35.3 Å². The van der Waals surface area contributed by atoms with E-state index < -0.39 is 29.6 Å². The van der Waals surface area contributed by atoms with Crippen molar-refractivity contribution in [1.82, 2.24) is 19.6 Å². The molecule has 0 atom stereocenters. The topological polar surface area (TPSA) is 132 Å².